The van der Waals surface area contributed by atoms with E-state index in [1.807, 2.05) is 0 Å². The van der Waals surface area contributed by atoms with Crippen molar-refractivity contribution in [2.75, 3.05) is 6.54 Å². The number of nitrogens with one attached hydrogen (secondary N) is 1. The summed E-state index contributed by atoms with van der Waals surface area (Å²) in [6.07, 6.45) is 5.73. The summed E-state index contributed by atoms with van der Waals surface area (Å²) in [7, 11) is 0. The maximum absolute atomic E-state index is 4.27. The van der Waals surface area contributed by atoms with Gasteiger partial charge in [0.25, 0.3) is 0 Å². The van der Waals surface area contributed by atoms with E-state index in [2.05, 4.69) is 32.0 Å². The van der Waals surface area contributed by atoms with Crippen LogP contribution in [0, 0.1) is 0 Å². The predicted octanol–water partition coefficient (Wildman–Crippen LogP) is 2.30. The van der Waals surface area contributed by atoms with Gasteiger partial charge in [0, 0.05) is 12.5 Å². The van der Waals surface area contributed by atoms with Crippen LogP contribution in [0.2, 0.25) is 0 Å². The van der Waals surface area contributed by atoms with Gasteiger partial charge in [0.15, 0.2) is 5.01 Å². The van der Waals surface area contributed by atoms with Crippen molar-refractivity contribution in [3.63, 3.8) is 0 Å². The lowest BCUT2D eigenvalue weighted by molar-refractivity contribution is 0.643. The van der Waals surface area contributed by atoms with Crippen molar-refractivity contribution in [2.45, 2.75) is 45.1 Å². The Labute approximate surface area is 120 Å². The van der Waals surface area contributed by atoms with Crippen molar-refractivity contribution < 1.29 is 0 Å². The Kier molecular flexibility index (Phi) is 4.15. The Morgan fingerprint density at radius 2 is 2.16 bits per heavy atom. The molecule has 1 saturated carbocycles. The zero-order valence-electron chi connectivity index (χ0n) is 10.9. The highest BCUT2D eigenvalue weighted by Crippen LogP contribution is 2.29. The Morgan fingerprint density at radius 1 is 1.26 bits per heavy atom. The van der Waals surface area contributed by atoms with Crippen molar-refractivity contribution in [3.05, 3.63) is 10.7 Å². The highest BCUT2D eigenvalue weighted by atomic mass is 32.1. The van der Waals surface area contributed by atoms with Gasteiger partial charge in [-0.3, -0.25) is 0 Å². The summed E-state index contributed by atoms with van der Waals surface area (Å²) in [5.74, 6) is 0. The first-order chi connectivity index (χ1) is 9.36. The van der Waals surface area contributed by atoms with E-state index in [4.69, 9.17) is 0 Å². The van der Waals surface area contributed by atoms with E-state index < -0.39 is 0 Å². The van der Waals surface area contributed by atoms with E-state index in [1.165, 1.54) is 24.4 Å². The Bertz CT molecular complexity index is 532. The minimum Gasteiger partial charge on any atom is -0.314 e. The topological polar surface area (TPSA) is 63.6 Å². The van der Waals surface area contributed by atoms with Crippen LogP contribution in [0.3, 0.4) is 0 Å². The summed E-state index contributed by atoms with van der Waals surface area (Å²) >= 11 is 3.09. The fraction of sp³-hybridized carbons (Fsp3) is 0.667. The molecule has 3 rings (SSSR count). The third kappa shape index (κ3) is 3.34. The van der Waals surface area contributed by atoms with Crippen LogP contribution in [0.25, 0.3) is 9.88 Å². The molecule has 1 fully saturated rings. The first-order valence-corrected chi connectivity index (χ1v) is 8.33. The monoisotopic (exact) mass is 295 g/mol. The van der Waals surface area contributed by atoms with Crippen LogP contribution < -0.4 is 5.32 Å². The van der Waals surface area contributed by atoms with Crippen molar-refractivity contribution >= 4 is 22.9 Å². The molecule has 0 aromatic carbocycles. The molecule has 2 aromatic heterocycles. The average Bonchev–Trinajstić information content (AvgIpc) is 2.94. The summed E-state index contributed by atoms with van der Waals surface area (Å²) in [4.78, 5) is 1.09. The van der Waals surface area contributed by atoms with Gasteiger partial charge in [-0.2, -0.15) is 0 Å². The van der Waals surface area contributed by atoms with Gasteiger partial charge in [-0.1, -0.05) is 22.7 Å². The van der Waals surface area contributed by atoms with Crippen LogP contribution >= 0.6 is 22.9 Å². The molecule has 102 valence electrons. The molecule has 1 aliphatic carbocycles. The molecule has 0 amide bonds. The largest absolute Gasteiger partial charge is 0.314 e. The maximum atomic E-state index is 4.27. The molecule has 0 saturated heterocycles. The van der Waals surface area contributed by atoms with Gasteiger partial charge >= 0.3 is 0 Å². The molecule has 0 aliphatic heterocycles. The number of hydrogen-bond donors (Lipinski definition) is 1. The first-order valence-electron chi connectivity index (χ1n) is 6.74. The highest BCUT2D eigenvalue weighted by Gasteiger charge is 2.19. The highest BCUT2D eigenvalue weighted by molar-refractivity contribution is 7.19. The van der Waals surface area contributed by atoms with E-state index in [1.54, 1.807) is 11.3 Å². The third-order valence-electron chi connectivity index (χ3n) is 3.13. The van der Waals surface area contributed by atoms with E-state index in [9.17, 15) is 0 Å². The first kappa shape index (κ1) is 13.1. The lowest BCUT2D eigenvalue weighted by Gasteiger charge is -1.99. The standard InChI is InChI=1S/C12H17N5S2/c1-2-9-11(19-17-14-9)12-16-15-10(18-12)4-3-7-13-8-5-6-8/h8,13H,2-7H2,1H3. The number of aromatic nitrogens is 4. The van der Waals surface area contributed by atoms with Gasteiger partial charge in [0.2, 0.25) is 0 Å². The molecular formula is C12H17N5S2. The van der Waals surface area contributed by atoms with Crippen molar-refractivity contribution in [3.8, 4) is 9.88 Å². The summed E-state index contributed by atoms with van der Waals surface area (Å²) in [6.45, 7) is 3.17. The van der Waals surface area contributed by atoms with Crippen molar-refractivity contribution in [1.29, 1.82) is 0 Å². The second-order valence-electron chi connectivity index (χ2n) is 4.74. The van der Waals surface area contributed by atoms with Gasteiger partial charge in [-0.25, -0.2) is 0 Å². The van der Waals surface area contributed by atoms with Crippen LogP contribution in [0.5, 0.6) is 0 Å². The minimum atomic E-state index is 0.792. The Balaban J connectivity index is 1.56. The number of nitrogens with zero attached hydrogens (tertiary/aromatic N) is 4. The van der Waals surface area contributed by atoms with E-state index in [0.29, 0.717) is 0 Å². The normalized spacial score (nSPS) is 15.0. The number of hydrogen-bond acceptors (Lipinski definition) is 7. The molecule has 1 N–H and O–H groups in total. The molecular weight excluding hydrogens is 278 g/mol. The van der Waals surface area contributed by atoms with Gasteiger partial charge in [0.1, 0.15) is 9.88 Å². The van der Waals surface area contributed by atoms with Crippen molar-refractivity contribution in [1.82, 2.24) is 25.1 Å². The van der Waals surface area contributed by atoms with Crippen LogP contribution in [-0.4, -0.2) is 32.4 Å². The molecule has 0 unspecified atom stereocenters. The third-order valence-corrected chi connectivity index (χ3v) is 5.03. The zero-order valence-corrected chi connectivity index (χ0v) is 12.6. The Hall–Kier alpha value is -0.920. The molecule has 0 radical (unpaired) electrons. The molecule has 2 aromatic rings. The minimum absolute atomic E-state index is 0.792. The maximum Gasteiger partial charge on any atom is 0.161 e. The van der Waals surface area contributed by atoms with E-state index >= 15 is 0 Å². The fourth-order valence-corrected chi connectivity index (χ4v) is 3.59. The fourth-order valence-electron chi connectivity index (χ4n) is 1.88. The van der Waals surface area contributed by atoms with Gasteiger partial charge in [0.05, 0.1) is 5.69 Å². The number of aryl methyl sites for hydroxylation is 2. The summed E-state index contributed by atoms with van der Waals surface area (Å²) in [5.41, 5.74) is 1.03. The summed E-state index contributed by atoms with van der Waals surface area (Å²) in [5, 5.41) is 18.3. The molecule has 1 aliphatic rings. The number of rotatable bonds is 7. The van der Waals surface area contributed by atoms with Gasteiger partial charge in [-0.15, -0.1) is 15.3 Å². The predicted molar refractivity (Wildman–Crippen MR) is 77.5 cm³/mol. The molecule has 0 spiro atoms. The second kappa shape index (κ2) is 6.02. The molecule has 0 atom stereocenters. The van der Waals surface area contributed by atoms with Crippen LogP contribution in [0.1, 0.15) is 36.9 Å². The molecule has 2 heterocycles. The van der Waals surface area contributed by atoms with Crippen LogP contribution in [0.15, 0.2) is 0 Å². The van der Waals surface area contributed by atoms with Crippen LogP contribution in [-0.2, 0) is 12.8 Å². The lowest BCUT2D eigenvalue weighted by Crippen LogP contribution is -2.17. The lowest BCUT2D eigenvalue weighted by atomic mass is 10.3. The zero-order chi connectivity index (χ0) is 13.1. The molecule has 7 heteroatoms. The van der Waals surface area contributed by atoms with Crippen LogP contribution in [0.4, 0.5) is 0 Å². The molecule has 19 heavy (non-hydrogen) atoms. The summed E-state index contributed by atoms with van der Waals surface area (Å²) < 4.78 is 4.00. The van der Waals surface area contributed by atoms with Crippen molar-refractivity contribution in [2.24, 2.45) is 0 Å². The second-order valence-corrected chi connectivity index (χ2v) is 6.55. The Morgan fingerprint density at radius 3 is 2.95 bits per heavy atom. The van der Waals surface area contributed by atoms with E-state index in [0.717, 1.165) is 52.4 Å². The smallest absolute Gasteiger partial charge is 0.161 e. The van der Waals surface area contributed by atoms with E-state index in [-0.39, 0.29) is 0 Å². The quantitative estimate of drug-likeness (QED) is 0.794. The van der Waals surface area contributed by atoms with Gasteiger partial charge < -0.3 is 5.32 Å². The SMILES string of the molecule is CCc1nnsc1-c1nnc(CCCNC2CC2)s1. The molecule has 0 bridgehead atoms. The molecule has 5 nitrogen and oxygen atoms in total. The van der Waals surface area contributed by atoms with Gasteiger partial charge in [-0.05, 0) is 43.8 Å². The summed E-state index contributed by atoms with van der Waals surface area (Å²) in [6, 6.07) is 0.792. The average molecular weight is 295 g/mol.